The Morgan fingerprint density at radius 2 is 1.90 bits per heavy atom. The van der Waals surface area contributed by atoms with Crippen molar-refractivity contribution in [1.82, 2.24) is 5.32 Å². The van der Waals surface area contributed by atoms with Gasteiger partial charge >= 0.3 is 0 Å². The van der Waals surface area contributed by atoms with Gasteiger partial charge in [-0.05, 0) is 51.2 Å². The Morgan fingerprint density at radius 3 is 2.45 bits per heavy atom. The van der Waals surface area contributed by atoms with Crippen LogP contribution < -0.4 is 11.1 Å². The molecule has 0 heterocycles. The fourth-order valence-electron chi connectivity index (χ4n) is 2.32. The number of rotatable bonds is 7. The fraction of sp³-hybridized carbons (Fsp3) is 0.562. The second-order valence-corrected chi connectivity index (χ2v) is 6.48. The second-order valence-electron chi connectivity index (χ2n) is 5.50. The molecule has 0 aromatic heterocycles. The molecule has 3 N–H and O–H groups in total. The van der Waals surface area contributed by atoms with Crippen LogP contribution in [0.2, 0.25) is 0 Å². The van der Waals surface area contributed by atoms with E-state index >= 15 is 0 Å². The van der Waals surface area contributed by atoms with Crippen molar-refractivity contribution in [3.8, 4) is 0 Å². The van der Waals surface area contributed by atoms with Crippen LogP contribution in [0.25, 0.3) is 0 Å². The molecule has 0 radical (unpaired) electrons. The number of thioether (sulfide) groups is 1. The van der Waals surface area contributed by atoms with E-state index in [9.17, 15) is 4.79 Å². The lowest BCUT2D eigenvalue weighted by molar-refractivity contribution is -0.122. The van der Waals surface area contributed by atoms with Gasteiger partial charge in [0.1, 0.15) is 0 Å². The summed E-state index contributed by atoms with van der Waals surface area (Å²) in [5.41, 5.74) is 9.64. The Labute approximate surface area is 126 Å². The van der Waals surface area contributed by atoms with Gasteiger partial charge in [-0.25, -0.2) is 0 Å². The predicted molar refractivity (Wildman–Crippen MR) is 88.2 cm³/mol. The first-order valence-electron chi connectivity index (χ1n) is 7.04. The molecule has 0 aliphatic heterocycles. The number of hydrogen-bond acceptors (Lipinski definition) is 3. The van der Waals surface area contributed by atoms with Gasteiger partial charge in [-0.2, -0.15) is 11.8 Å². The Hall–Kier alpha value is -1.00. The molecule has 0 aliphatic carbocycles. The van der Waals surface area contributed by atoms with Crippen molar-refractivity contribution in [1.29, 1.82) is 0 Å². The van der Waals surface area contributed by atoms with Crippen molar-refractivity contribution in [3.05, 3.63) is 34.9 Å². The summed E-state index contributed by atoms with van der Waals surface area (Å²) >= 11 is 1.71. The van der Waals surface area contributed by atoms with E-state index in [1.807, 2.05) is 13.2 Å². The summed E-state index contributed by atoms with van der Waals surface area (Å²) < 4.78 is 0. The Balaban J connectivity index is 2.50. The van der Waals surface area contributed by atoms with Crippen LogP contribution in [-0.4, -0.2) is 30.0 Å². The largest absolute Gasteiger partial charge is 0.352 e. The van der Waals surface area contributed by atoms with Crippen molar-refractivity contribution in [2.75, 3.05) is 12.0 Å². The van der Waals surface area contributed by atoms with Crippen molar-refractivity contribution < 1.29 is 4.79 Å². The highest BCUT2D eigenvalue weighted by molar-refractivity contribution is 7.98. The maximum absolute atomic E-state index is 11.9. The molecular weight excluding hydrogens is 268 g/mol. The standard InChI is InChI=1S/C16H26N2OS/c1-11-7-12(2)9-14(8-11)10-13(3)18-16(19)15(17)5-6-20-4/h7-9,13,15H,5-6,10,17H2,1-4H3,(H,18,19)/t13?,15-/m0/s1. The monoisotopic (exact) mass is 294 g/mol. The van der Waals surface area contributed by atoms with Gasteiger partial charge < -0.3 is 11.1 Å². The number of hydrogen-bond donors (Lipinski definition) is 2. The number of aryl methyl sites for hydroxylation is 2. The molecule has 0 fully saturated rings. The maximum atomic E-state index is 11.9. The summed E-state index contributed by atoms with van der Waals surface area (Å²) in [7, 11) is 0. The molecule has 4 heteroatoms. The third kappa shape index (κ3) is 5.97. The molecule has 1 amide bonds. The molecule has 0 bridgehead atoms. The van der Waals surface area contributed by atoms with Gasteiger partial charge in [-0.15, -0.1) is 0 Å². The maximum Gasteiger partial charge on any atom is 0.237 e. The summed E-state index contributed by atoms with van der Waals surface area (Å²) in [6.45, 7) is 6.22. The molecule has 0 spiro atoms. The topological polar surface area (TPSA) is 55.1 Å². The minimum absolute atomic E-state index is 0.0454. The van der Waals surface area contributed by atoms with E-state index in [0.29, 0.717) is 0 Å². The first-order valence-corrected chi connectivity index (χ1v) is 8.44. The molecule has 1 aromatic carbocycles. The van der Waals surface area contributed by atoms with Crippen LogP contribution in [0.5, 0.6) is 0 Å². The SMILES string of the molecule is CSCC[C@H](N)C(=O)NC(C)Cc1cc(C)cc(C)c1. The van der Waals surface area contributed by atoms with Gasteiger partial charge in [0.05, 0.1) is 6.04 Å². The molecule has 1 unspecified atom stereocenters. The predicted octanol–water partition coefficient (Wildman–Crippen LogP) is 2.43. The average molecular weight is 294 g/mol. The average Bonchev–Trinajstić information content (AvgIpc) is 2.34. The zero-order valence-corrected chi connectivity index (χ0v) is 13.7. The Morgan fingerprint density at radius 1 is 1.30 bits per heavy atom. The zero-order valence-electron chi connectivity index (χ0n) is 12.9. The number of carbonyl (C=O) groups excluding carboxylic acids is 1. The van der Waals surface area contributed by atoms with Crippen molar-refractivity contribution >= 4 is 17.7 Å². The zero-order chi connectivity index (χ0) is 15.1. The molecule has 0 aliphatic rings. The van der Waals surface area contributed by atoms with Crippen LogP contribution in [0.3, 0.4) is 0 Å². The van der Waals surface area contributed by atoms with Crippen molar-refractivity contribution in [3.63, 3.8) is 0 Å². The number of benzene rings is 1. The van der Waals surface area contributed by atoms with Crippen LogP contribution in [0.4, 0.5) is 0 Å². The van der Waals surface area contributed by atoms with Gasteiger partial charge in [0.2, 0.25) is 5.91 Å². The van der Waals surface area contributed by atoms with Crippen LogP contribution >= 0.6 is 11.8 Å². The summed E-state index contributed by atoms with van der Waals surface area (Å²) in [6.07, 6.45) is 3.58. The highest BCUT2D eigenvalue weighted by Gasteiger charge is 2.15. The molecule has 112 valence electrons. The van der Waals surface area contributed by atoms with Gasteiger partial charge in [0.15, 0.2) is 0 Å². The summed E-state index contributed by atoms with van der Waals surface area (Å²) in [6, 6.07) is 6.20. The van der Waals surface area contributed by atoms with E-state index in [1.165, 1.54) is 16.7 Å². The van der Waals surface area contributed by atoms with Gasteiger partial charge in [-0.3, -0.25) is 4.79 Å². The van der Waals surface area contributed by atoms with Gasteiger partial charge in [0.25, 0.3) is 0 Å². The highest BCUT2D eigenvalue weighted by Crippen LogP contribution is 2.11. The molecule has 20 heavy (non-hydrogen) atoms. The van der Waals surface area contributed by atoms with Crippen LogP contribution in [-0.2, 0) is 11.2 Å². The van der Waals surface area contributed by atoms with Gasteiger partial charge in [0, 0.05) is 6.04 Å². The van der Waals surface area contributed by atoms with E-state index in [-0.39, 0.29) is 11.9 Å². The molecule has 1 aromatic rings. The van der Waals surface area contributed by atoms with Crippen molar-refractivity contribution in [2.24, 2.45) is 5.73 Å². The lowest BCUT2D eigenvalue weighted by Crippen LogP contribution is -2.45. The minimum atomic E-state index is -0.399. The number of amides is 1. The first-order chi connectivity index (χ1) is 9.42. The van der Waals surface area contributed by atoms with E-state index in [4.69, 9.17) is 5.73 Å². The normalized spacial score (nSPS) is 13.8. The molecule has 3 nitrogen and oxygen atoms in total. The van der Waals surface area contributed by atoms with E-state index in [2.05, 4.69) is 37.4 Å². The van der Waals surface area contributed by atoms with E-state index < -0.39 is 6.04 Å². The lowest BCUT2D eigenvalue weighted by Gasteiger charge is -2.18. The third-order valence-electron chi connectivity index (χ3n) is 3.18. The number of nitrogens with one attached hydrogen (secondary N) is 1. The van der Waals surface area contributed by atoms with Crippen LogP contribution in [0.1, 0.15) is 30.0 Å². The molecule has 0 saturated heterocycles. The molecular formula is C16H26N2OS. The van der Waals surface area contributed by atoms with Crippen molar-refractivity contribution in [2.45, 2.75) is 45.7 Å². The molecule has 1 rings (SSSR count). The highest BCUT2D eigenvalue weighted by atomic mass is 32.2. The Kier molecular flexibility index (Phi) is 7.10. The fourth-order valence-corrected chi connectivity index (χ4v) is 2.81. The smallest absolute Gasteiger partial charge is 0.237 e. The van der Waals surface area contributed by atoms with E-state index in [1.54, 1.807) is 11.8 Å². The summed E-state index contributed by atoms with van der Waals surface area (Å²) in [4.78, 5) is 11.9. The third-order valence-corrected chi connectivity index (χ3v) is 3.83. The Bertz CT molecular complexity index is 428. The number of nitrogens with two attached hydrogens (primary N) is 1. The summed E-state index contributed by atoms with van der Waals surface area (Å²) in [5.74, 6) is 0.871. The first kappa shape index (κ1) is 17.1. The van der Waals surface area contributed by atoms with Crippen LogP contribution in [0, 0.1) is 13.8 Å². The minimum Gasteiger partial charge on any atom is -0.352 e. The lowest BCUT2D eigenvalue weighted by atomic mass is 10.0. The van der Waals surface area contributed by atoms with E-state index in [0.717, 1.165) is 18.6 Å². The second kappa shape index (κ2) is 8.32. The molecule has 0 saturated carbocycles. The number of carbonyl (C=O) groups is 1. The van der Waals surface area contributed by atoms with Crippen LogP contribution in [0.15, 0.2) is 18.2 Å². The summed E-state index contributed by atoms with van der Waals surface area (Å²) in [5, 5.41) is 3.00. The van der Waals surface area contributed by atoms with Gasteiger partial charge in [-0.1, -0.05) is 29.3 Å². The molecule has 2 atom stereocenters. The quantitative estimate of drug-likeness (QED) is 0.812.